The molecule has 1 fully saturated rings. The van der Waals surface area contributed by atoms with Gasteiger partial charge in [-0.25, -0.2) is 4.98 Å². The van der Waals surface area contributed by atoms with E-state index in [1.807, 2.05) is 0 Å². The van der Waals surface area contributed by atoms with Crippen LogP contribution in [-0.2, 0) is 10.9 Å². The number of halogens is 4. The number of ketones is 1. The van der Waals surface area contributed by atoms with Crippen LogP contribution in [0.4, 0.5) is 24.0 Å². The van der Waals surface area contributed by atoms with E-state index >= 15 is 0 Å². The minimum absolute atomic E-state index is 0.0561. The van der Waals surface area contributed by atoms with E-state index < -0.39 is 48.7 Å². The van der Waals surface area contributed by atoms with Crippen LogP contribution in [0.25, 0.3) is 32.7 Å². The van der Waals surface area contributed by atoms with Crippen molar-refractivity contribution >= 4 is 56.6 Å². The van der Waals surface area contributed by atoms with Crippen molar-refractivity contribution in [2.45, 2.75) is 56.4 Å². The molecule has 3 aromatic heterocycles. The second-order valence-corrected chi connectivity index (χ2v) is 15.3. The number of unbranched alkanes of at least 4 members (excludes halogenated alkanes) is 3. The van der Waals surface area contributed by atoms with E-state index in [2.05, 4.69) is 25.6 Å². The number of carbonyl (C=O) groups excluding carboxylic acids is 2. The fourth-order valence-corrected chi connectivity index (χ4v) is 8.19. The van der Waals surface area contributed by atoms with Crippen molar-refractivity contribution in [1.82, 2.24) is 24.8 Å². The first-order chi connectivity index (χ1) is 28.3. The summed E-state index contributed by atoms with van der Waals surface area (Å²) in [5, 5.41) is 36.3. The lowest BCUT2D eigenvalue weighted by Gasteiger charge is -2.16. The van der Waals surface area contributed by atoms with Gasteiger partial charge in [0, 0.05) is 34.7 Å². The summed E-state index contributed by atoms with van der Waals surface area (Å²) in [4.78, 5) is 40.1. The van der Waals surface area contributed by atoms with Crippen LogP contribution >= 0.6 is 22.9 Å². The van der Waals surface area contributed by atoms with Gasteiger partial charge in [-0.05, 0) is 59.8 Å². The Bertz CT molecular complexity index is 2450. The molecule has 1 amide bonds. The van der Waals surface area contributed by atoms with E-state index in [0.29, 0.717) is 51.6 Å². The number of hydrogen-bond donors (Lipinski definition) is 6. The third-order valence-corrected chi connectivity index (χ3v) is 11.2. The first-order valence-corrected chi connectivity index (χ1v) is 19.9. The number of alkyl halides is 3. The standard InChI is InChI=1S/C41H39ClF3N7O6S/c42-40-50-36(30-37(51-40)52(21-49-30)39-33(56)32(55)27(20-53)58-39)47-17-6-1-2-7-18-48-38(57)24-15-13-23(14-16-24)34-28(25-11-8-12-26(19-25)41(43,44)45)29(35(46)59-34)31(54)22-9-4-3-5-10-22/h3-5,8-16,19,21,27,32-33,39,53,55-56H,1-2,6-7,17-18,20,46H2,(H,48,57)(H,47,50,51)/t27-,32-,33-,39-/m1/s1. The maximum atomic E-state index is 13.8. The minimum atomic E-state index is -4.60. The Morgan fingerprint density at radius 1 is 0.898 bits per heavy atom. The number of fused-ring (bicyclic) bond motifs is 1. The number of nitrogens with two attached hydrogens (primary N) is 1. The van der Waals surface area contributed by atoms with Gasteiger partial charge in [0.15, 0.2) is 29.0 Å². The van der Waals surface area contributed by atoms with Gasteiger partial charge in [-0.3, -0.25) is 14.2 Å². The first kappa shape index (κ1) is 41.7. The summed E-state index contributed by atoms with van der Waals surface area (Å²) in [5.74, 6) is -0.313. The van der Waals surface area contributed by atoms with Crippen molar-refractivity contribution in [2.75, 3.05) is 30.7 Å². The molecule has 7 N–H and O–H groups in total. The third kappa shape index (κ3) is 8.95. The molecule has 13 nitrogen and oxygen atoms in total. The molecule has 18 heteroatoms. The molecule has 4 heterocycles. The number of nitrogens with one attached hydrogen (secondary N) is 2. The van der Waals surface area contributed by atoms with Gasteiger partial charge in [-0.15, -0.1) is 11.3 Å². The molecule has 0 aliphatic carbocycles. The smallest absolute Gasteiger partial charge is 0.394 e. The van der Waals surface area contributed by atoms with Gasteiger partial charge in [0.25, 0.3) is 5.91 Å². The number of thiophene rings is 1. The lowest BCUT2D eigenvalue weighted by atomic mass is 9.92. The molecule has 7 rings (SSSR count). The maximum absolute atomic E-state index is 13.8. The number of rotatable bonds is 15. The molecule has 0 unspecified atom stereocenters. The number of anilines is 2. The molecule has 0 bridgehead atoms. The van der Waals surface area contributed by atoms with Crippen LogP contribution in [0.2, 0.25) is 5.28 Å². The number of nitrogen functional groups attached to an aromatic ring is 1. The maximum Gasteiger partial charge on any atom is 0.416 e. The predicted molar refractivity (Wildman–Crippen MR) is 217 cm³/mol. The molecule has 0 spiro atoms. The summed E-state index contributed by atoms with van der Waals surface area (Å²) in [7, 11) is 0. The molecular weight excluding hydrogens is 811 g/mol. The summed E-state index contributed by atoms with van der Waals surface area (Å²) < 4.78 is 48.3. The van der Waals surface area contributed by atoms with E-state index in [1.165, 1.54) is 23.0 Å². The molecule has 308 valence electrons. The van der Waals surface area contributed by atoms with Gasteiger partial charge in [0.05, 0.1) is 29.1 Å². The number of aromatic nitrogens is 4. The van der Waals surface area contributed by atoms with E-state index in [-0.39, 0.29) is 33.0 Å². The first-order valence-electron chi connectivity index (χ1n) is 18.7. The predicted octanol–water partition coefficient (Wildman–Crippen LogP) is 6.72. The number of carbonyl (C=O) groups is 2. The Hall–Kier alpha value is -5.43. The zero-order valence-electron chi connectivity index (χ0n) is 31.2. The van der Waals surface area contributed by atoms with E-state index in [9.17, 15) is 38.1 Å². The van der Waals surface area contributed by atoms with Crippen LogP contribution in [0.5, 0.6) is 0 Å². The van der Waals surface area contributed by atoms with Crippen LogP contribution in [0.1, 0.15) is 63.8 Å². The lowest BCUT2D eigenvalue weighted by molar-refractivity contribution is -0.137. The van der Waals surface area contributed by atoms with Crippen LogP contribution in [0.15, 0.2) is 85.2 Å². The lowest BCUT2D eigenvalue weighted by Crippen LogP contribution is -2.33. The van der Waals surface area contributed by atoms with Gasteiger partial charge >= 0.3 is 6.18 Å². The number of aliphatic hydroxyl groups excluding tert-OH is 3. The highest BCUT2D eigenvalue weighted by molar-refractivity contribution is 7.20. The van der Waals surface area contributed by atoms with Crippen LogP contribution < -0.4 is 16.4 Å². The second kappa shape index (κ2) is 17.8. The molecule has 4 atom stereocenters. The molecule has 1 aliphatic heterocycles. The Morgan fingerprint density at radius 2 is 1.63 bits per heavy atom. The molecule has 6 aromatic rings. The van der Waals surface area contributed by atoms with Crippen LogP contribution in [0.3, 0.4) is 0 Å². The average Bonchev–Trinajstić information content (AvgIpc) is 3.90. The zero-order valence-corrected chi connectivity index (χ0v) is 32.8. The van der Waals surface area contributed by atoms with Gasteiger partial charge in [-0.2, -0.15) is 23.1 Å². The molecule has 59 heavy (non-hydrogen) atoms. The molecule has 3 aromatic carbocycles. The summed E-state index contributed by atoms with van der Waals surface area (Å²) in [5.41, 5.74) is 8.16. The SMILES string of the molecule is Nc1sc(-c2ccc(C(=O)NCCCCCCNc3nc(Cl)nc4c3ncn4[C@@H]3O[C@H](CO)[C@@H](O)[C@H]3O)cc2)c(-c2cccc(C(F)(F)F)c2)c1C(=O)c1ccccc1. The summed E-state index contributed by atoms with van der Waals surface area (Å²) in [6.45, 7) is 0.496. The van der Waals surface area contributed by atoms with Crippen molar-refractivity contribution in [3.05, 3.63) is 113 Å². The topological polar surface area (TPSA) is 198 Å². The van der Waals surface area contributed by atoms with E-state index in [1.54, 1.807) is 54.6 Å². The number of aliphatic hydroxyl groups is 3. The van der Waals surface area contributed by atoms with Crippen LogP contribution in [-0.4, -0.2) is 84.5 Å². The highest BCUT2D eigenvalue weighted by atomic mass is 35.5. The van der Waals surface area contributed by atoms with Gasteiger partial charge in [0.2, 0.25) is 5.28 Å². The number of benzene rings is 3. The van der Waals surface area contributed by atoms with Crippen LogP contribution in [0, 0.1) is 0 Å². The largest absolute Gasteiger partial charge is 0.416 e. The fraction of sp³-hybridized carbons (Fsp3) is 0.293. The van der Waals surface area contributed by atoms with Crippen molar-refractivity contribution in [3.63, 3.8) is 0 Å². The monoisotopic (exact) mass is 849 g/mol. The molecule has 0 saturated carbocycles. The van der Waals surface area contributed by atoms with Gasteiger partial charge < -0.3 is 36.4 Å². The Morgan fingerprint density at radius 3 is 2.32 bits per heavy atom. The highest BCUT2D eigenvalue weighted by Gasteiger charge is 2.44. The Kier molecular flexibility index (Phi) is 12.6. The summed E-state index contributed by atoms with van der Waals surface area (Å²) >= 11 is 7.29. The van der Waals surface area contributed by atoms with E-state index in [4.69, 9.17) is 22.1 Å². The van der Waals surface area contributed by atoms with Crippen molar-refractivity contribution < 1.29 is 42.8 Å². The zero-order chi connectivity index (χ0) is 41.8. The molecule has 0 radical (unpaired) electrons. The number of nitrogens with zero attached hydrogens (tertiary/aromatic N) is 4. The number of amides is 1. The normalized spacial score (nSPS) is 18.0. The van der Waals surface area contributed by atoms with E-state index in [0.717, 1.165) is 49.2 Å². The second-order valence-electron chi connectivity index (χ2n) is 13.9. The molecule has 1 aliphatic rings. The fourth-order valence-electron chi connectivity index (χ4n) is 6.93. The van der Waals surface area contributed by atoms with Crippen molar-refractivity contribution in [3.8, 4) is 21.6 Å². The third-order valence-electron chi connectivity index (χ3n) is 9.95. The van der Waals surface area contributed by atoms with Crippen molar-refractivity contribution in [2.24, 2.45) is 0 Å². The quantitative estimate of drug-likeness (QED) is 0.0365. The number of hydrogen-bond acceptors (Lipinski definition) is 12. The highest BCUT2D eigenvalue weighted by Crippen LogP contribution is 2.47. The average molecular weight is 850 g/mol. The Balaban J connectivity index is 0.939. The number of ether oxygens (including phenoxy) is 1. The van der Waals surface area contributed by atoms with Crippen molar-refractivity contribution in [1.29, 1.82) is 0 Å². The molecular formula is C41H39ClF3N7O6S. The van der Waals surface area contributed by atoms with Gasteiger partial charge in [0.1, 0.15) is 18.3 Å². The number of imidazole rings is 1. The summed E-state index contributed by atoms with van der Waals surface area (Å²) in [6.07, 6.45) is -4.65. The summed E-state index contributed by atoms with van der Waals surface area (Å²) in [6, 6.07) is 19.8. The Labute approximate surface area is 344 Å². The minimum Gasteiger partial charge on any atom is -0.394 e. The van der Waals surface area contributed by atoms with Gasteiger partial charge in [-0.1, -0.05) is 67.4 Å². The molecule has 1 saturated heterocycles.